The number of hydrogen-bond acceptors (Lipinski definition) is 1. The van der Waals surface area contributed by atoms with Gasteiger partial charge < -0.3 is 5.73 Å². The summed E-state index contributed by atoms with van der Waals surface area (Å²) in [6.07, 6.45) is 0.916. The molecule has 3 heteroatoms. The van der Waals surface area contributed by atoms with Gasteiger partial charge in [-0.15, -0.1) is 0 Å². The minimum Gasteiger partial charge on any atom is -0.397 e. The summed E-state index contributed by atoms with van der Waals surface area (Å²) in [7, 11) is 0. The predicted octanol–water partition coefficient (Wildman–Crippen LogP) is 3.25. The van der Waals surface area contributed by atoms with Gasteiger partial charge in [-0.1, -0.05) is 24.6 Å². The molecule has 60 valence electrons. The van der Waals surface area contributed by atoms with E-state index in [1.807, 2.05) is 12.1 Å². The van der Waals surface area contributed by atoms with Crippen molar-refractivity contribution in [3.8, 4) is 0 Å². The molecule has 11 heavy (non-hydrogen) atoms. The molecule has 0 saturated carbocycles. The molecule has 0 heterocycles. The zero-order valence-corrected chi connectivity index (χ0v) is 8.54. The molecule has 0 saturated heterocycles. The molecule has 0 fully saturated rings. The van der Waals surface area contributed by atoms with E-state index in [1.165, 1.54) is 0 Å². The van der Waals surface area contributed by atoms with Gasteiger partial charge in [0.05, 0.1) is 10.7 Å². The molecule has 0 aromatic heterocycles. The molecule has 0 amide bonds. The van der Waals surface area contributed by atoms with E-state index in [9.17, 15) is 0 Å². The van der Waals surface area contributed by atoms with Gasteiger partial charge in [-0.2, -0.15) is 0 Å². The monoisotopic (exact) mass is 233 g/mol. The van der Waals surface area contributed by atoms with Crippen LogP contribution in [0.3, 0.4) is 0 Å². The first-order valence-electron chi connectivity index (χ1n) is 3.39. The predicted molar refractivity (Wildman–Crippen MR) is 52.9 cm³/mol. The van der Waals surface area contributed by atoms with Crippen LogP contribution < -0.4 is 5.73 Å². The minimum absolute atomic E-state index is 0.615. The number of anilines is 1. The molecule has 2 N–H and O–H groups in total. The topological polar surface area (TPSA) is 26.0 Å². The van der Waals surface area contributed by atoms with Crippen LogP contribution in [-0.2, 0) is 6.42 Å². The van der Waals surface area contributed by atoms with Gasteiger partial charge in [0.2, 0.25) is 0 Å². The van der Waals surface area contributed by atoms with Crippen LogP contribution in [0.25, 0.3) is 0 Å². The summed E-state index contributed by atoms with van der Waals surface area (Å²) in [5.74, 6) is 0. The number of halogens is 2. The first kappa shape index (κ1) is 8.88. The van der Waals surface area contributed by atoms with Crippen molar-refractivity contribution >= 4 is 33.2 Å². The molecule has 0 bridgehead atoms. The standard InChI is InChI=1S/C8H9BrClN/c1-2-5-3-4-6(9)7(10)8(5)11/h3-4H,2,11H2,1H3. The van der Waals surface area contributed by atoms with Crippen LogP contribution in [0.5, 0.6) is 0 Å². The molecule has 0 aliphatic rings. The molecule has 1 aromatic carbocycles. The van der Waals surface area contributed by atoms with Crippen molar-refractivity contribution in [2.45, 2.75) is 13.3 Å². The molecular weight excluding hydrogens is 225 g/mol. The summed E-state index contributed by atoms with van der Waals surface area (Å²) in [4.78, 5) is 0. The fraction of sp³-hybridized carbons (Fsp3) is 0.250. The van der Waals surface area contributed by atoms with Gasteiger partial charge in [0.25, 0.3) is 0 Å². The molecule has 1 rings (SSSR count). The van der Waals surface area contributed by atoms with Crippen LogP contribution >= 0.6 is 27.5 Å². The number of hydrogen-bond donors (Lipinski definition) is 1. The summed E-state index contributed by atoms with van der Waals surface area (Å²) in [5, 5.41) is 0.615. The summed E-state index contributed by atoms with van der Waals surface area (Å²) < 4.78 is 0.855. The fourth-order valence-corrected chi connectivity index (χ4v) is 1.44. The van der Waals surface area contributed by atoms with Crippen molar-refractivity contribution < 1.29 is 0 Å². The van der Waals surface area contributed by atoms with E-state index in [0.29, 0.717) is 10.7 Å². The van der Waals surface area contributed by atoms with E-state index in [0.717, 1.165) is 16.5 Å². The van der Waals surface area contributed by atoms with Crippen molar-refractivity contribution in [3.63, 3.8) is 0 Å². The smallest absolute Gasteiger partial charge is 0.0780 e. The van der Waals surface area contributed by atoms with Gasteiger partial charge in [-0.05, 0) is 34.0 Å². The molecule has 1 nitrogen and oxygen atoms in total. The second-order valence-corrected chi connectivity index (χ2v) is 3.52. The number of nitrogens with two attached hydrogens (primary N) is 1. The van der Waals surface area contributed by atoms with Crippen molar-refractivity contribution in [3.05, 3.63) is 27.2 Å². The Morgan fingerprint density at radius 2 is 2.18 bits per heavy atom. The maximum atomic E-state index is 5.89. The highest BCUT2D eigenvalue weighted by molar-refractivity contribution is 9.10. The Morgan fingerprint density at radius 1 is 1.55 bits per heavy atom. The second kappa shape index (κ2) is 3.46. The van der Waals surface area contributed by atoms with Gasteiger partial charge >= 0.3 is 0 Å². The van der Waals surface area contributed by atoms with Crippen LogP contribution in [-0.4, -0.2) is 0 Å². The maximum Gasteiger partial charge on any atom is 0.0780 e. The fourth-order valence-electron chi connectivity index (χ4n) is 0.915. The molecule has 0 unspecified atom stereocenters. The van der Waals surface area contributed by atoms with Crippen molar-refractivity contribution in [1.82, 2.24) is 0 Å². The number of aryl methyl sites for hydroxylation is 1. The maximum absolute atomic E-state index is 5.89. The van der Waals surface area contributed by atoms with Crippen molar-refractivity contribution in [2.24, 2.45) is 0 Å². The second-order valence-electron chi connectivity index (χ2n) is 2.29. The average Bonchev–Trinajstić information content (AvgIpc) is 2.01. The Balaban J connectivity index is 3.25. The summed E-state index contributed by atoms with van der Waals surface area (Å²) in [6.45, 7) is 2.05. The Bertz CT molecular complexity index is 273. The summed E-state index contributed by atoms with van der Waals surface area (Å²) >= 11 is 9.19. The normalized spacial score (nSPS) is 10.1. The van der Waals surface area contributed by atoms with Gasteiger partial charge in [0.1, 0.15) is 0 Å². The van der Waals surface area contributed by atoms with E-state index in [-0.39, 0.29) is 0 Å². The van der Waals surface area contributed by atoms with E-state index >= 15 is 0 Å². The molecule has 0 aliphatic heterocycles. The third-order valence-electron chi connectivity index (χ3n) is 1.60. The van der Waals surface area contributed by atoms with Gasteiger partial charge in [0, 0.05) is 4.47 Å². The van der Waals surface area contributed by atoms with Crippen molar-refractivity contribution in [2.75, 3.05) is 5.73 Å². The van der Waals surface area contributed by atoms with Crippen molar-refractivity contribution in [1.29, 1.82) is 0 Å². The number of rotatable bonds is 1. The highest BCUT2D eigenvalue weighted by atomic mass is 79.9. The Kier molecular flexibility index (Phi) is 2.79. The lowest BCUT2D eigenvalue weighted by molar-refractivity contribution is 1.14. The molecule has 0 atom stereocenters. The Morgan fingerprint density at radius 3 is 2.73 bits per heavy atom. The van der Waals surface area contributed by atoms with Crippen LogP contribution in [0.4, 0.5) is 5.69 Å². The summed E-state index contributed by atoms with van der Waals surface area (Å²) in [6, 6.07) is 3.89. The first-order valence-corrected chi connectivity index (χ1v) is 4.56. The number of nitrogen functional groups attached to an aromatic ring is 1. The van der Waals surface area contributed by atoms with Crippen LogP contribution in [0.1, 0.15) is 12.5 Å². The van der Waals surface area contributed by atoms with Crippen LogP contribution in [0.15, 0.2) is 16.6 Å². The Hall–Kier alpha value is -0.210. The zero-order valence-electron chi connectivity index (χ0n) is 6.20. The molecule has 1 aromatic rings. The van der Waals surface area contributed by atoms with E-state index in [2.05, 4.69) is 22.9 Å². The van der Waals surface area contributed by atoms with E-state index in [4.69, 9.17) is 17.3 Å². The lowest BCUT2D eigenvalue weighted by Gasteiger charge is -2.05. The Labute approximate surface area is 79.7 Å². The van der Waals surface area contributed by atoms with Gasteiger partial charge in [-0.3, -0.25) is 0 Å². The first-order chi connectivity index (χ1) is 5.16. The molecular formula is C8H9BrClN. The van der Waals surface area contributed by atoms with Crippen LogP contribution in [0.2, 0.25) is 5.02 Å². The number of benzene rings is 1. The van der Waals surface area contributed by atoms with Gasteiger partial charge in [-0.25, -0.2) is 0 Å². The lowest BCUT2D eigenvalue weighted by atomic mass is 10.1. The van der Waals surface area contributed by atoms with E-state index < -0.39 is 0 Å². The average molecular weight is 235 g/mol. The van der Waals surface area contributed by atoms with Crippen LogP contribution in [0, 0.1) is 0 Å². The molecule has 0 aliphatic carbocycles. The summed E-state index contributed by atoms with van der Waals surface area (Å²) in [5.41, 5.74) is 7.51. The molecule has 0 radical (unpaired) electrons. The highest BCUT2D eigenvalue weighted by Gasteiger charge is 2.04. The largest absolute Gasteiger partial charge is 0.397 e. The lowest BCUT2D eigenvalue weighted by Crippen LogP contribution is -1.93. The minimum atomic E-state index is 0.615. The SMILES string of the molecule is CCc1ccc(Br)c(Cl)c1N. The zero-order chi connectivity index (χ0) is 8.43. The molecule has 0 spiro atoms. The third kappa shape index (κ3) is 1.68. The van der Waals surface area contributed by atoms with E-state index in [1.54, 1.807) is 0 Å². The third-order valence-corrected chi connectivity index (χ3v) is 2.90. The highest BCUT2D eigenvalue weighted by Crippen LogP contribution is 2.30. The van der Waals surface area contributed by atoms with Gasteiger partial charge in [0.15, 0.2) is 0 Å². The quantitative estimate of drug-likeness (QED) is 0.742.